The number of aldehydes is 1. The molecule has 3 rings (SSSR count). The maximum atomic E-state index is 12.5. The van der Waals surface area contributed by atoms with Crippen molar-refractivity contribution in [2.75, 3.05) is 5.32 Å². The van der Waals surface area contributed by atoms with Crippen molar-refractivity contribution >= 4 is 23.9 Å². The second kappa shape index (κ2) is 8.39. The van der Waals surface area contributed by atoms with Crippen LogP contribution in [0.25, 0.3) is 0 Å². The first-order chi connectivity index (χ1) is 14.0. The predicted octanol–water partition coefficient (Wildman–Crippen LogP) is 3.65. The van der Waals surface area contributed by atoms with Crippen LogP contribution in [0, 0.1) is 0 Å². The summed E-state index contributed by atoms with van der Waals surface area (Å²) in [5.74, 6) is -4.20. The van der Waals surface area contributed by atoms with Gasteiger partial charge < -0.3 is 15.5 Å². The highest BCUT2D eigenvalue weighted by atomic mass is 16.4. The average Bonchev–Trinajstić information content (AvgIpc) is 2.74. The number of hydrogen-bond donors (Lipinski definition) is 3. The lowest BCUT2D eigenvalue weighted by atomic mass is 9.74. The van der Waals surface area contributed by atoms with Crippen LogP contribution < -0.4 is 5.32 Å². The topological polar surface area (TPSA) is 104 Å². The number of carboxylic acids is 2. The third kappa shape index (κ3) is 3.73. The minimum atomic E-state index is -2.46. The monoisotopic (exact) mass is 389 g/mol. The lowest BCUT2D eigenvalue weighted by Gasteiger charge is -2.36. The number of para-hydroxylation sites is 1. The third-order valence-corrected chi connectivity index (χ3v) is 4.79. The van der Waals surface area contributed by atoms with Gasteiger partial charge in [-0.3, -0.25) is 4.79 Å². The summed E-state index contributed by atoms with van der Waals surface area (Å²) in [5, 5.41) is 23.0. The van der Waals surface area contributed by atoms with Crippen LogP contribution in [0.2, 0.25) is 0 Å². The van der Waals surface area contributed by atoms with Gasteiger partial charge >= 0.3 is 11.9 Å². The van der Waals surface area contributed by atoms with Crippen LogP contribution in [0.3, 0.4) is 0 Å². The van der Waals surface area contributed by atoms with Crippen molar-refractivity contribution in [2.45, 2.75) is 11.5 Å². The second-order valence-corrected chi connectivity index (χ2v) is 6.50. The molecule has 0 heterocycles. The molecule has 0 aliphatic rings. The molecule has 0 radical (unpaired) electrons. The molecule has 0 amide bonds. The Morgan fingerprint density at radius 1 is 0.759 bits per heavy atom. The van der Waals surface area contributed by atoms with E-state index in [1.54, 1.807) is 72.8 Å². The quantitative estimate of drug-likeness (QED) is 0.401. The number of anilines is 1. The van der Waals surface area contributed by atoms with Crippen molar-refractivity contribution < 1.29 is 24.6 Å². The molecule has 0 aliphatic heterocycles. The molecule has 146 valence electrons. The minimum absolute atomic E-state index is 0.129. The molecular formula is C23H19NO5. The zero-order chi connectivity index (χ0) is 20.9. The van der Waals surface area contributed by atoms with Gasteiger partial charge in [-0.2, -0.15) is 0 Å². The van der Waals surface area contributed by atoms with Gasteiger partial charge in [-0.15, -0.1) is 0 Å². The molecule has 6 heteroatoms. The van der Waals surface area contributed by atoms with Crippen molar-refractivity contribution in [3.8, 4) is 0 Å². The molecule has 6 nitrogen and oxygen atoms in total. The fourth-order valence-corrected chi connectivity index (χ4v) is 3.43. The largest absolute Gasteiger partial charge is 0.479 e. The summed E-state index contributed by atoms with van der Waals surface area (Å²) < 4.78 is 0. The summed E-state index contributed by atoms with van der Waals surface area (Å²) in [6.07, 6.45) is 0.552. The maximum absolute atomic E-state index is 12.5. The number of benzene rings is 3. The van der Waals surface area contributed by atoms with E-state index in [0.717, 1.165) is 0 Å². The first kappa shape index (κ1) is 19.8. The Morgan fingerprint density at radius 2 is 1.21 bits per heavy atom. The van der Waals surface area contributed by atoms with Gasteiger partial charge in [0.25, 0.3) is 0 Å². The van der Waals surface area contributed by atoms with Gasteiger partial charge in [-0.25, -0.2) is 9.59 Å². The van der Waals surface area contributed by atoms with Gasteiger partial charge in [0.2, 0.25) is 5.54 Å². The van der Waals surface area contributed by atoms with E-state index in [4.69, 9.17) is 0 Å². The molecule has 0 saturated heterocycles. The summed E-state index contributed by atoms with van der Waals surface area (Å²) >= 11 is 0. The van der Waals surface area contributed by atoms with E-state index < -0.39 is 23.4 Å². The Bertz CT molecular complexity index is 964. The van der Waals surface area contributed by atoms with Gasteiger partial charge in [0.1, 0.15) is 0 Å². The molecule has 3 aromatic rings. The molecule has 29 heavy (non-hydrogen) atoms. The van der Waals surface area contributed by atoms with E-state index in [1.165, 1.54) is 12.1 Å². The number of rotatable bonds is 8. The number of carbonyl (C=O) groups excluding carboxylic acids is 1. The fourth-order valence-electron chi connectivity index (χ4n) is 3.43. The van der Waals surface area contributed by atoms with E-state index >= 15 is 0 Å². The van der Waals surface area contributed by atoms with Crippen molar-refractivity contribution in [1.29, 1.82) is 0 Å². The van der Waals surface area contributed by atoms with E-state index in [2.05, 4.69) is 5.32 Å². The third-order valence-electron chi connectivity index (χ3n) is 4.79. The Labute approximate surface area is 167 Å². The number of carbonyl (C=O) groups is 3. The lowest BCUT2D eigenvalue weighted by Crippen LogP contribution is -2.58. The summed E-state index contributed by atoms with van der Waals surface area (Å²) in [6, 6.07) is 23.4. The molecule has 0 aliphatic carbocycles. The van der Waals surface area contributed by atoms with Crippen LogP contribution in [-0.2, 0) is 9.59 Å². The van der Waals surface area contributed by atoms with Crippen LogP contribution in [0.1, 0.15) is 27.4 Å². The molecule has 3 aromatic carbocycles. The number of nitrogens with one attached hydrogen (secondary N) is 1. The minimum Gasteiger partial charge on any atom is -0.479 e. The highest BCUT2D eigenvalue weighted by Crippen LogP contribution is 2.38. The first-order valence-electron chi connectivity index (χ1n) is 8.89. The van der Waals surface area contributed by atoms with E-state index in [0.29, 0.717) is 17.4 Å². The summed E-state index contributed by atoms with van der Waals surface area (Å²) in [7, 11) is 0. The van der Waals surface area contributed by atoms with E-state index in [1.807, 2.05) is 0 Å². The zero-order valence-corrected chi connectivity index (χ0v) is 15.4. The molecule has 0 unspecified atom stereocenters. The van der Waals surface area contributed by atoms with Crippen LogP contribution in [-0.4, -0.2) is 34.0 Å². The molecule has 3 N–H and O–H groups in total. The van der Waals surface area contributed by atoms with Crippen LogP contribution >= 0.6 is 0 Å². The first-order valence-corrected chi connectivity index (χ1v) is 8.89. The average molecular weight is 389 g/mol. The van der Waals surface area contributed by atoms with Crippen molar-refractivity contribution in [2.24, 2.45) is 0 Å². The number of aliphatic carboxylic acids is 2. The molecule has 0 aromatic heterocycles. The zero-order valence-electron chi connectivity index (χ0n) is 15.4. The smallest absolute Gasteiger partial charge is 0.342 e. The lowest BCUT2D eigenvalue weighted by molar-refractivity contribution is -0.156. The van der Waals surface area contributed by atoms with Gasteiger partial charge in [-0.05, 0) is 23.3 Å². The van der Waals surface area contributed by atoms with Crippen LogP contribution in [0.5, 0.6) is 0 Å². The summed E-state index contributed by atoms with van der Waals surface area (Å²) in [5.41, 5.74) is -1.13. The van der Waals surface area contributed by atoms with Gasteiger partial charge in [0, 0.05) is 11.3 Å². The van der Waals surface area contributed by atoms with Gasteiger partial charge in [0.15, 0.2) is 6.29 Å². The van der Waals surface area contributed by atoms with Crippen LogP contribution in [0.4, 0.5) is 5.69 Å². The Hall–Kier alpha value is -3.93. The van der Waals surface area contributed by atoms with Gasteiger partial charge in [-0.1, -0.05) is 72.8 Å². The van der Waals surface area contributed by atoms with Crippen molar-refractivity contribution in [3.05, 3.63) is 102 Å². The van der Waals surface area contributed by atoms with E-state index in [-0.39, 0.29) is 11.3 Å². The second-order valence-electron chi connectivity index (χ2n) is 6.50. The van der Waals surface area contributed by atoms with Crippen molar-refractivity contribution in [3.63, 3.8) is 0 Å². The van der Waals surface area contributed by atoms with Crippen LogP contribution in [0.15, 0.2) is 84.9 Å². The Morgan fingerprint density at radius 3 is 1.66 bits per heavy atom. The molecule has 0 spiro atoms. The highest BCUT2D eigenvalue weighted by molar-refractivity contribution is 6.09. The molecule has 0 fully saturated rings. The molecular weight excluding hydrogens is 370 g/mol. The highest BCUT2D eigenvalue weighted by Gasteiger charge is 2.55. The Balaban J connectivity index is 2.28. The normalized spacial score (nSPS) is 11.1. The van der Waals surface area contributed by atoms with Gasteiger partial charge in [0.05, 0.1) is 5.92 Å². The van der Waals surface area contributed by atoms with Crippen molar-refractivity contribution in [1.82, 2.24) is 0 Å². The molecule has 0 saturated carbocycles. The number of hydrogen-bond acceptors (Lipinski definition) is 4. The fraction of sp³-hybridized carbons (Fsp3) is 0.0870. The SMILES string of the molecule is O=Cc1ccccc1NC(C(=O)O)(C(=O)O)C(c1ccccc1)c1ccccc1. The maximum Gasteiger partial charge on any atom is 0.342 e. The van der Waals surface area contributed by atoms with E-state index in [9.17, 15) is 24.6 Å². The molecule has 0 bridgehead atoms. The summed E-state index contributed by atoms with van der Waals surface area (Å²) in [6.45, 7) is 0. The summed E-state index contributed by atoms with van der Waals surface area (Å²) in [4.78, 5) is 36.5. The molecule has 0 atom stereocenters. The standard InChI is InChI=1S/C23H19NO5/c25-15-18-13-7-8-14-19(18)24-23(21(26)27,22(28)29)20(16-9-3-1-4-10-16)17-11-5-2-6-12-17/h1-15,20,24H,(H,26,27)(H,28,29). The number of carboxylic acid groups (broad SMARTS) is 2. The Kier molecular flexibility index (Phi) is 5.74. The predicted molar refractivity (Wildman–Crippen MR) is 108 cm³/mol.